The molecule has 1 unspecified atom stereocenters. The largest absolute Gasteiger partial charge is 0.497 e. The molecule has 6 aromatic carbocycles. The Hall–Kier alpha value is -5.28. The Morgan fingerprint density at radius 1 is 0.577 bits per heavy atom. The van der Waals surface area contributed by atoms with E-state index in [2.05, 4.69) is 155 Å². The third-order valence-corrected chi connectivity index (χ3v) is 11.9. The van der Waals surface area contributed by atoms with Gasteiger partial charge in [-0.25, -0.2) is 0 Å². The summed E-state index contributed by atoms with van der Waals surface area (Å²) in [6, 6.07) is 43.5. The first-order chi connectivity index (χ1) is 25.1. The molecular weight excluding hydrogens is 637 g/mol. The maximum absolute atomic E-state index is 7.71. The van der Waals surface area contributed by atoms with Crippen molar-refractivity contribution >= 4 is 16.8 Å². The first-order valence-electron chi connectivity index (χ1n) is 18.5. The quantitative estimate of drug-likeness (QED) is 0.181. The summed E-state index contributed by atoms with van der Waals surface area (Å²) >= 11 is 0. The first kappa shape index (κ1) is 32.6. The van der Waals surface area contributed by atoms with Gasteiger partial charge in [0.25, 0.3) is 0 Å². The van der Waals surface area contributed by atoms with Gasteiger partial charge in [0, 0.05) is 33.6 Å². The van der Waals surface area contributed by atoms with Crippen molar-refractivity contribution < 1.29 is 14.2 Å². The second kappa shape index (κ2) is 11.6. The topological polar surface area (TPSA) is 27.7 Å². The maximum atomic E-state index is 7.71. The van der Waals surface area contributed by atoms with Gasteiger partial charge in [-0.05, 0) is 87.1 Å². The molecule has 2 aliphatic carbocycles. The van der Waals surface area contributed by atoms with E-state index >= 15 is 0 Å². The van der Waals surface area contributed by atoms with Gasteiger partial charge in [-0.2, -0.15) is 0 Å². The minimum Gasteiger partial charge on any atom is -0.497 e. The molecule has 1 fully saturated rings. The molecule has 0 saturated heterocycles. The highest BCUT2D eigenvalue weighted by Crippen LogP contribution is 2.66. The average molecular weight is 683 g/mol. The third kappa shape index (κ3) is 4.93. The minimum absolute atomic E-state index is 0.143. The van der Waals surface area contributed by atoms with Crippen molar-refractivity contribution in [2.75, 3.05) is 14.2 Å². The lowest BCUT2D eigenvalue weighted by Gasteiger charge is -2.52. The normalized spacial score (nSPS) is 20.1. The van der Waals surface area contributed by atoms with Crippen LogP contribution in [0.25, 0.3) is 39.1 Å². The third-order valence-electron chi connectivity index (χ3n) is 11.9. The molecule has 1 heterocycles. The highest BCUT2D eigenvalue weighted by atomic mass is 16.5. The standard InChI is InChI=1S/C49H46O3/c1-46(2)29-47(3,4)31-48(30-46)42-19-13-12-18-40(42)43-38-16-10-11-17-39(38)45-41(44(43)48)24-25-49(52-45,35-26-36(50-5)28-37(27-35)51-6)34-22-20-33(21-23-34)32-14-8-7-9-15-32/h7-28H,29-31H2,1-6H3. The molecule has 3 heteroatoms. The molecule has 0 N–H and O–H groups in total. The highest BCUT2D eigenvalue weighted by Gasteiger charge is 2.55. The van der Waals surface area contributed by atoms with Crippen molar-refractivity contribution in [2.45, 2.75) is 58.0 Å². The molecule has 0 bridgehead atoms. The minimum atomic E-state index is -0.954. The van der Waals surface area contributed by atoms with Crippen LogP contribution in [0.5, 0.6) is 17.2 Å². The van der Waals surface area contributed by atoms with Gasteiger partial charge in [-0.15, -0.1) is 0 Å². The van der Waals surface area contributed by atoms with Gasteiger partial charge in [-0.1, -0.05) is 137 Å². The SMILES string of the molecule is COc1cc(OC)cc(C2(c3ccc(-c4ccccc4)cc3)C=Cc3c4c(c5ccccc5c3O2)-c2ccccc2C42CC(C)(C)CC(C)(C)C2)c1. The number of hydrogen-bond donors (Lipinski definition) is 0. The zero-order valence-electron chi connectivity index (χ0n) is 31.0. The van der Waals surface area contributed by atoms with Crippen LogP contribution in [0.1, 0.15) is 74.8 Å². The molecule has 3 nitrogen and oxygen atoms in total. The highest BCUT2D eigenvalue weighted by molar-refractivity contribution is 6.08. The Kier molecular flexibility index (Phi) is 7.29. The summed E-state index contributed by atoms with van der Waals surface area (Å²) in [5, 5.41) is 2.37. The summed E-state index contributed by atoms with van der Waals surface area (Å²) in [6.07, 6.45) is 8.03. The molecule has 0 radical (unpaired) electrons. The zero-order valence-corrected chi connectivity index (χ0v) is 31.0. The summed E-state index contributed by atoms with van der Waals surface area (Å²) in [6.45, 7) is 9.87. The Bertz CT molecular complexity index is 2340. The summed E-state index contributed by atoms with van der Waals surface area (Å²) < 4.78 is 19.4. The molecule has 3 aliphatic rings. The number of benzene rings is 6. The van der Waals surface area contributed by atoms with Crippen molar-refractivity contribution in [3.63, 3.8) is 0 Å². The Labute approximate surface area is 307 Å². The number of fused-ring (bicyclic) bond motifs is 10. The monoisotopic (exact) mass is 682 g/mol. The van der Waals surface area contributed by atoms with Crippen LogP contribution in [0.3, 0.4) is 0 Å². The molecule has 0 aromatic heterocycles. The first-order valence-corrected chi connectivity index (χ1v) is 18.5. The van der Waals surface area contributed by atoms with E-state index in [0.717, 1.165) is 52.2 Å². The number of methoxy groups -OCH3 is 2. The zero-order chi connectivity index (χ0) is 35.9. The van der Waals surface area contributed by atoms with Crippen molar-refractivity contribution in [1.29, 1.82) is 0 Å². The van der Waals surface area contributed by atoms with Crippen LogP contribution in [0.2, 0.25) is 0 Å². The van der Waals surface area contributed by atoms with E-state index in [1.165, 1.54) is 45.2 Å². The predicted octanol–water partition coefficient (Wildman–Crippen LogP) is 12.4. The average Bonchev–Trinajstić information content (AvgIpc) is 3.42. The van der Waals surface area contributed by atoms with Gasteiger partial charge < -0.3 is 14.2 Å². The Balaban J connectivity index is 1.33. The van der Waals surface area contributed by atoms with Crippen LogP contribution in [-0.2, 0) is 11.0 Å². The van der Waals surface area contributed by atoms with Crippen LogP contribution >= 0.6 is 0 Å². The van der Waals surface area contributed by atoms with Gasteiger partial charge in [0.2, 0.25) is 0 Å². The fourth-order valence-electron chi connectivity index (χ4n) is 10.6. The van der Waals surface area contributed by atoms with Crippen LogP contribution < -0.4 is 14.2 Å². The van der Waals surface area contributed by atoms with E-state index in [4.69, 9.17) is 14.2 Å². The van der Waals surface area contributed by atoms with E-state index in [1.54, 1.807) is 14.2 Å². The molecule has 260 valence electrons. The molecule has 1 atom stereocenters. The van der Waals surface area contributed by atoms with Crippen LogP contribution in [-0.4, -0.2) is 14.2 Å². The number of rotatable bonds is 5. The van der Waals surface area contributed by atoms with E-state index in [0.29, 0.717) is 0 Å². The van der Waals surface area contributed by atoms with Crippen LogP contribution in [0, 0.1) is 10.8 Å². The number of hydrogen-bond acceptors (Lipinski definition) is 3. The maximum Gasteiger partial charge on any atom is 0.178 e. The summed E-state index contributed by atoms with van der Waals surface area (Å²) in [4.78, 5) is 0. The van der Waals surface area contributed by atoms with Gasteiger partial charge in [0.05, 0.1) is 14.2 Å². The summed E-state index contributed by atoms with van der Waals surface area (Å²) in [7, 11) is 3.40. The van der Waals surface area contributed by atoms with Crippen molar-refractivity contribution in [3.8, 4) is 39.5 Å². The second-order valence-electron chi connectivity index (χ2n) is 16.7. The van der Waals surface area contributed by atoms with Gasteiger partial charge >= 0.3 is 0 Å². The second-order valence-corrected chi connectivity index (χ2v) is 16.7. The molecular formula is C49H46O3. The fourth-order valence-corrected chi connectivity index (χ4v) is 10.6. The fraction of sp³-hybridized carbons (Fsp3) is 0.265. The lowest BCUT2D eigenvalue weighted by Crippen LogP contribution is -2.44. The van der Waals surface area contributed by atoms with Gasteiger partial charge in [0.15, 0.2) is 5.60 Å². The number of ether oxygens (including phenoxy) is 3. The van der Waals surface area contributed by atoms with E-state index in [1.807, 2.05) is 6.07 Å². The molecule has 9 rings (SSSR count). The van der Waals surface area contributed by atoms with Crippen LogP contribution in [0.15, 0.2) is 127 Å². The molecule has 1 spiro atoms. The smallest absolute Gasteiger partial charge is 0.178 e. The van der Waals surface area contributed by atoms with E-state index < -0.39 is 5.60 Å². The van der Waals surface area contributed by atoms with E-state index in [9.17, 15) is 0 Å². The van der Waals surface area contributed by atoms with Crippen molar-refractivity contribution in [2.24, 2.45) is 10.8 Å². The molecule has 52 heavy (non-hydrogen) atoms. The molecule has 1 saturated carbocycles. The summed E-state index contributed by atoms with van der Waals surface area (Å²) in [5.74, 6) is 2.37. The molecule has 0 amide bonds. The van der Waals surface area contributed by atoms with E-state index in [-0.39, 0.29) is 16.2 Å². The predicted molar refractivity (Wildman–Crippen MR) is 213 cm³/mol. The van der Waals surface area contributed by atoms with Crippen molar-refractivity contribution in [1.82, 2.24) is 0 Å². The molecule has 1 aliphatic heterocycles. The Morgan fingerprint density at radius 2 is 1.17 bits per heavy atom. The molecule has 6 aromatic rings. The Morgan fingerprint density at radius 3 is 1.85 bits per heavy atom. The van der Waals surface area contributed by atoms with Gasteiger partial charge in [-0.3, -0.25) is 0 Å². The van der Waals surface area contributed by atoms with Crippen LogP contribution in [0.4, 0.5) is 0 Å². The van der Waals surface area contributed by atoms with Crippen molar-refractivity contribution in [3.05, 3.63) is 155 Å². The van der Waals surface area contributed by atoms with Gasteiger partial charge in [0.1, 0.15) is 17.2 Å². The lowest BCUT2D eigenvalue weighted by atomic mass is 9.52. The lowest BCUT2D eigenvalue weighted by molar-refractivity contribution is 0.0642. The summed E-state index contributed by atoms with van der Waals surface area (Å²) in [5.41, 5.74) is 10.4.